The van der Waals surface area contributed by atoms with Gasteiger partial charge in [-0.05, 0) is 80.5 Å². The molecule has 152 valence electrons. The van der Waals surface area contributed by atoms with E-state index in [9.17, 15) is 4.79 Å². The van der Waals surface area contributed by atoms with Crippen LogP contribution in [-0.2, 0) is 4.79 Å². The van der Waals surface area contributed by atoms with Crippen molar-refractivity contribution in [1.29, 1.82) is 0 Å². The number of nitrogens with one attached hydrogen (secondary N) is 1. The van der Waals surface area contributed by atoms with Crippen molar-refractivity contribution in [3.05, 3.63) is 54.0 Å². The van der Waals surface area contributed by atoms with Crippen LogP contribution in [0.2, 0.25) is 0 Å². The summed E-state index contributed by atoms with van der Waals surface area (Å²) >= 11 is 1.59. The predicted molar refractivity (Wildman–Crippen MR) is 120 cm³/mol. The molecule has 4 aliphatic rings. The lowest BCUT2D eigenvalue weighted by molar-refractivity contribution is -0.140. The van der Waals surface area contributed by atoms with Gasteiger partial charge in [0.1, 0.15) is 5.01 Å². The molecule has 4 nitrogen and oxygen atoms in total. The Hall–Kier alpha value is -2.53. The number of hydrogen-bond acceptors (Lipinski definition) is 4. The van der Waals surface area contributed by atoms with Gasteiger partial charge >= 0.3 is 0 Å². The van der Waals surface area contributed by atoms with E-state index >= 15 is 0 Å². The fourth-order valence-electron chi connectivity index (χ4n) is 6.42. The van der Waals surface area contributed by atoms with Crippen LogP contribution in [0, 0.1) is 23.2 Å². The number of rotatable bonds is 4. The van der Waals surface area contributed by atoms with Gasteiger partial charge in [-0.3, -0.25) is 9.78 Å². The summed E-state index contributed by atoms with van der Waals surface area (Å²) in [6.45, 7) is 0. The number of hydrogen-bond donors (Lipinski definition) is 1. The average Bonchev–Trinajstić information content (AvgIpc) is 3.24. The van der Waals surface area contributed by atoms with Crippen molar-refractivity contribution in [3.8, 4) is 22.0 Å². The maximum atomic E-state index is 13.4. The Balaban J connectivity index is 1.23. The maximum absolute atomic E-state index is 13.4. The van der Waals surface area contributed by atoms with E-state index in [0.29, 0.717) is 0 Å². The fourth-order valence-corrected chi connectivity index (χ4v) is 7.23. The lowest BCUT2D eigenvalue weighted by Crippen LogP contribution is -2.51. The summed E-state index contributed by atoms with van der Waals surface area (Å²) in [5, 5.41) is 6.24. The highest BCUT2D eigenvalue weighted by atomic mass is 32.1. The van der Waals surface area contributed by atoms with Crippen LogP contribution in [-0.4, -0.2) is 15.9 Å². The smallest absolute Gasteiger partial charge is 0.230 e. The molecule has 1 amide bonds. The molecule has 4 aliphatic carbocycles. The number of pyridine rings is 1. The van der Waals surface area contributed by atoms with Crippen molar-refractivity contribution < 1.29 is 4.79 Å². The molecule has 3 aromatic rings. The lowest BCUT2D eigenvalue weighted by atomic mass is 9.49. The minimum absolute atomic E-state index is 0.127. The van der Waals surface area contributed by atoms with Crippen LogP contribution in [0.5, 0.6) is 0 Å². The van der Waals surface area contributed by atoms with Crippen LogP contribution < -0.4 is 5.32 Å². The zero-order valence-electron chi connectivity index (χ0n) is 16.9. The van der Waals surface area contributed by atoms with Gasteiger partial charge in [0.2, 0.25) is 5.91 Å². The third-order valence-corrected chi connectivity index (χ3v) is 8.19. The quantitative estimate of drug-likeness (QED) is 0.566. The largest absolute Gasteiger partial charge is 0.326 e. The normalized spacial score (nSPS) is 29.1. The average molecular weight is 416 g/mol. The second kappa shape index (κ2) is 7.02. The molecule has 0 radical (unpaired) electrons. The van der Waals surface area contributed by atoms with E-state index in [2.05, 4.69) is 27.8 Å². The van der Waals surface area contributed by atoms with Gasteiger partial charge in [-0.25, -0.2) is 4.98 Å². The van der Waals surface area contributed by atoms with Crippen LogP contribution in [0.1, 0.15) is 38.5 Å². The van der Waals surface area contributed by atoms with Crippen molar-refractivity contribution >= 4 is 22.9 Å². The molecule has 2 aromatic heterocycles. The summed E-state index contributed by atoms with van der Waals surface area (Å²) in [6.07, 6.45) is 9.11. The van der Waals surface area contributed by atoms with Gasteiger partial charge < -0.3 is 5.32 Å². The molecule has 0 unspecified atom stereocenters. The molecule has 0 aliphatic heterocycles. The highest BCUT2D eigenvalue weighted by Crippen LogP contribution is 2.60. The Morgan fingerprint density at radius 1 is 0.967 bits per heavy atom. The van der Waals surface area contributed by atoms with Crippen LogP contribution in [0.4, 0.5) is 5.69 Å². The molecule has 0 atom stereocenters. The van der Waals surface area contributed by atoms with Gasteiger partial charge in [0.25, 0.3) is 0 Å². The SMILES string of the molecule is O=C(Nc1cccc(-c2csc(-c3ccccn3)n2)c1)C12CC3CC(CC(C3)C1)C2. The Kier molecular flexibility index (Phi) is 4.27. The third-order valence-electron chi connectivity index (χ3n) is 7.32. The summed E-state index contributed by atoms with van der Waals surface area (Å²) in [4.78, 5) is 22.5. The van der Waals surface area contributed by atoms with Gasteiger partial charge in [0.05, 0.1) is 16.8 Å². The molecule has 5 heteroatoms. The van der Waals surface area contributed by atoms with Crippen LogP contribution >= 0.6 is 11.3 Å². The van der Waals surface area contributed by atoms with Gasteiger partial charge in [0.15, 0.2) is 0 Å². The van der Waals surface area contributed by atoms with E-state index in [0.717, 1.165) is 64.7 Å². The molecule has 2 heterocycles. The molecular weight excluding hydrogens is 390 g/mol. The minimum Gasteiger partial charge on any atom is -0.326 e. The first-order valence-corrected chi connectivity index (χ1v) is 11.8. The van der Waals surface area contributed by atoms with Crippen molar-refractivity contribution in [2.75, 3.05) is 5.32 Å². The minimum atomic E-state index is -0.127. The number of thiazole rings is 1. The number of amides is 1. The molecule has 0 saturated heterocycles. The monoisotopic (exact) mass is 415 g/mol. The second-order valence-corrected chi connectivity index (χ2v) is 10.3. The van der Waals surface area contributed by atoms with Crippen LogP contribution in [0.25, 0.3) is 22.0 Å². The van der Waals surface area contributed by atoms with Crippen molar-refractivity contribution in [2.24, 2.45) is 23.2 Å². The first-order chi connectivity index (χ1) is 14.7. The molecule has 1 N–H and O–H groups in total. The highest BCUT2D eigenvalue weighted by Gasteiger charge is 2.54. The van der Waals surface area contributed by atoms with E-state index < -0.39 is 0 Å². The molecule has 0 spiro atoms. The number of nitrogens with zero attached hydrogens (tertiary/aromatic N) is 2. The summed E-state index contributed by atoms with van der Waals surface area (Å²) in [6, 6.07) is 14.0. The van der Waals surface area contributed by atoms with Crippen molar-refractivity contribution in [3.63, 3.8) is 0 Å². The van der Waals surface area contributed by atoms with Gasteiger partial charge in [-0.1, -0.05) is 18.2 Å². The number of aromatic nitrogens is 2. The lowest BCUT2D eigenvalue weighted by Gasteiger charge is -2.55. The highest BCUT2D eigenvalue weighted by molar-refractivity contribution is 7.13. The van der Waals surface area contributed by atoms with E-state index in [1.807, 2.05) is 30.3 Å². The molecule has 4 saturated carbocycles. The summed E-state index contributed by atoms with van der Waals surface area (Å²) in [5.41, 5.74) is 3.58. The summed E-state index contributed by atoms with van der Waals surface area (Å²) in [7, 11) is 0. The second-order valence-electron chi connectivity index (χ2n) is 9.49. The van der Waals surface area contributed by atoms with E-state index in [1.54, 1.807) is 17.5 Å². The van der Waals surface area contributed by atoms with Crippen LogP contribution in [0.15, 0.2) is 54.0 Å². The van der Waals surface area contributed by atoms with Crippen molar-refractivity contribution in [2.45, 2.75) is 38.5 Å². The Morgan fingerprint density at radius 2 is 1.73 bits per heavy atom. The Morgan fingerprint density at radius 3 is 2.43 bits per heavy atom. The van der Waals surface area contributed by atoms with Gasteiger partial charge in [-0.15, -0.1) is 11.3 Å². The number of carbonyl (C=O) groups excluding carboxylic acids is 1. The zero-order chi connectivity index (χ0) is 20.1. The van der Waals surface area contributed by atoms with E-state index in [1.165, 1.54) is 19.3 Å². The topological polar surface area (TPSA) is 54.9 Å². The Bertz CT molecular complexity index is 1060. The molecule has 1 aromatic carbocycles. The van der Waals surface area contributed by atoms with E-state index in [4.69, 9.17) is 4.98 Å². The first kappa shape index (κ1) is 18.3. The molecule has 30 heavy (non-hydrogen) atoms. The van der Waals surface area contributed by atoms with Gasteiger partial charge in [0, 0.05) is 22.8 Å². The molecule has 4 bridgehead atoms. The van der Waals surface area contributed by atoms with Crippen molar-refractivity contribution in [1.82, 2.24) is 9.97 Å². The Labute approximate surface area is 180 Å². The maximum Gasteiger partial charge on any atom is 0.230 e. The predicted octanol–water partition coefficient (Wildman–Crippen LogP) is 6.03. The zero-order valence-corrected chi connectivity index (χ0v) is 17.7. The third kappa shape index (κ3) is 3.16. The molecule has 4 fully saturated rings. The number of carbonyl (C=O) groups is 1. The first-order valence-electron chi connectivity index (χ1n) is 11.0. The number of benzene rings is 1. The molecule has 7 rings (SSSR count). The van der Waals surface area contributed by atoms with Crippen LogP contribution in [0.3, 0.4) is 0 Å². The number of anilines is 1. The molecular formula is C25H25N3OS. The fraction of sp³-hybridized carbons (Fsp3) is 0.400. The summed E-state index contributed by atoms with van der Waals surface area (Å²) < 4.78 is 0. The summed E-state index contributed by atoms with van der Waals surface area (Å²) in [5.74, 6) is 2.56. The van der Waals surface area contributed by atoms with E-state index in [-0.39, 0.29) is 11.3 Å². The standard InChI is InChI=1S/C25H25N3OS/c29-24(25-12-16-8-17(13-25)10-18(9-16)14-25)27-20-5-3-4-19(11-20)22-15-30-23(28-22)21-6-1-2-7-26-21/h1-7,11,15-18H,8-10,12-14H2,(H,27,29). The van der Waals surface area contributed by atoms with Gasteiger partial charge in [-0.2, -0.15) is 0 Å².